The van der Waals surface area contributed by atoms with E-state index in [-0.39, 0.29) is 0 Å². The van der Waals surface area contributed by atoms with E-state index in [0.717, 1.165) is 5.56 Å². The molecule has 0 radical (unpaired) electrons. The molecule has 0 bridgehead atoms. The molecule has 1 aromatic rings. The minimum absolute atomic E-state index is 0.416. The number of nitrogens with one attached hydrogen (secondary N) is 1. The van der Waals surface area contributed by atoms with E-state index in [1.807, 2.05) is 13.8 Å². The van der Waals surface area contributed by atoms with Crippen LogP contribution in [0.15, 0.2) is 24.3 Å². The van der Waals surface area contributed by atoms with Crippen LogP contribution < -0.4 is 5.32 Å². The van der Waals surface area contributed by atoms with E-state index in [1.165, 1.54) is 24.9 Å². The van der Waals surface area contributed by atoms with Crippen LogP contribution >= 0.6 is 0 Å². The third-order valence-corrected chi connectivity index (χ3v) is 4.93. The molecule has 0 spiro atoms. The first-order valence-electron chi connectivity index (χ1n) is 8.02. The van der Waals surface area contributed by atoms with Gasteiger partial charge in [-0.3, -0.25) is 0 Å². The lowest BCUT2D eigenvalue weighted by Gasteiger charge is -2.40. The topological polar surface area (TPSA) is 35.8 Å². The molecule has 0 heterocycles. The number of rotatable bonds is 3. The number of nitriles is 1. The molecule has 2 unspecified atom stereocenters. The van der Waals surface area contributed by atoms with Crippen LogP contribution in [0.1, 0.15) is 59.4 Å². The van der Waals surface area contributed by atoms with Gasteiger partial charge in [-0.2, -0.15) is 5.26 Å². The van der Waals surface area contributed by atoms with Gasteiger partial charge >= 0.3 is 0 Å². The minimum atomic E-state index is -0.416. The van der Waals surface area contributed by atoms with Gasteiger partial charge in [-0.15, -0.1) is 0 Å². The Labute approximate surface area is 129 Å². The van der Waals surface area contributed by atoms with E-state index in [1.54, 1.807) is 0 Å². The van der Waals surface area contributed by atoms with Crippen LogP contribution in [0.5, 0.6) is 0 Å². The Morgan fingerprint density at radius 3 is 2.38 bits per heavy atom. The summed E-state index contributed by atoms with van der Waals surface area (Å²) in [5.74, 6) is 0.698. The predicted octanol–water partition coefficient (Wildman–Crippen LogP) is 5.11. The molecule has 1 N–H and O–H groups in total. The summed E-state index contributed by atoms with van der Waals surface area (Å²) in [4.78, 5) is 0. The average Bonchev–Trinajstić information content (AvgIpc) is 2.42. The molecule has 114 valence electrons. The maximum Gasteiger partial charge on any atom is 0.0766 e. The van der Waals surface area contributed by atoms with E-state index < -0.39 is 5.41 Å². The first-order valence-corrected chi connectivity index (χ1v) is 8.02. The second-order valence-corrected chi connectivity index (χ2v) is 7.95. The quantitative estimate of drug-likeness (QED) is 0.836. The summed E-state index contributed by atoms with van der Waals surface area (Å²) in [6, 6.07) is 11.3. The summed E-state index contributed by atoms with van der Waals surface area (Å²) in [5, 5.41) is 12.9. The second kappa shape index (κ2) is 5.72. The zero-order chi connectivity index (χ0) is 15.7. The second-order valence-electron chi connectivity index (χ2n) is 7.95. The largest absolute Gasteiger partial charge is 0.382 e. The maximum absolute atomic E-state index is 9.20. The highest BCUT2D eigenvalue weighted by Gasteiger charge is 2.32. The van der Waals surface area contributed by atoms with Gasteiger partial charge in [0.1, 0.15) is 0 Å². The Morgan fingerprint density at radius 1 is 1.24 bits per heavy atom. The van der Waals surface area contributed by atoms with E-state index in [2.05, 4.69) is 56.4 Å². The molecule has 1 fully saturated rings. The first-order chi connectivity index (χ1) is 9.73. The molecule has 1 aliphatic rings. The fraction of sp³-hybridized carbons (Fsp3) is 0.632. The van der Waals surface area contributed by atoms with Gasteiger partial charge in [0, 0.05) is 11.7 Å². The summed E-state index contributed by atoms with van der Waals surface area (Å²) >= 11 is 0. The molecule has 2 heteroatoms. The minimum Gasteiger partial charge on any atom is -0.382 e. The zero-order valence-corrected chi connectivity index (χ0v) is 14.0. The Kier molecular flexibility index (Phi) is 4.33. The summed E-state index contributed by atoms with van der Waals surface area (Å²) in [6.07, 6.45) is 3.80. The number of hydrogen-bond donors (Lipinski definition) is 1. The number of anilines is 1. The van der Waals surface area contributed by atoms with Gasteiger partial charge in [0.05, 0.1) is 11.5 Å². The number of nitrogens with zero attached hydrogens (tertiary/aromatic N) is 1. The van der Waals surface area contributed by atoms with Crippen molar-refractivity contribution in [1.29, 1.82) is 5.26 Å². The lowest BCUT2D eigenvalue weighted by Crippen LogP contribution is -2.36. The molecular formula is C19H28N2. The third-order valence-electron chi connectivity index (χ3n) is 4.93. The van der Waals surface area contributed by atoms with E-state index in [9.17, 15) is 5.26 Å². The van der Waals surface area contributed by atoms with Crippen molar-refractivity contribution >= 4 is 5.69 Å². The lowest BCUT2D eigenvalue weighted by atomic mass is 9.70. The molecule has 1 aromatic carbocycles. The van der Waals surface area contributed by atoms with E-state index >= 15 is 0 Å². The summed E-state index contributed by atoms with van der Waals surface area (Å²) in [6.45, 7) is 11.0. The van der Waals surface area contributed by atoms with Gasteiger partial charge in [-0.1, -0.05) is 32.9 Å². The zero-order valence-electron chi connectivity index (χ0n) is 14.0. The smallest absolute Gasteiger partial charge is 0.0766 e. The Bertz CT molecular complexity index is 519. The van der Waals surface area contributed by atoms with Crippen LogP contribution in [-0.2, 0) is 5.41 Å². The molecule has 1 aliphatic carbocycles. The third kappa shape index (κ3) is 3.79. The molecule has 0 aromatic heterocycles. The van der Waals surface area contributed by atoms with Gasteiger partial charge in [0.25, 0.3) is 0 Å². The fourth-order valence-electron chi connectivity index (χ4n) is 3.42. The lowest BCUT2D eigenvalue weighted by molar-refractivity contribution is 0.177. The Morgan fingerprint density at radius 2 is 1.86 bits per heavy atom. The standard InChI is InChI=1S/C19H28N2/c1-14-12-18(2,3)11-10-17(14)21-16-8-6-15(7-9-16)19(4,5)13-20/h6-9,14,17,21H,10-12H2,1-5H3. The van der Waals surface area contributed by atoms with Crippen molar-refractivity contribution in [3.63, 3.8) is 0 Å². The van der Waals surface area contributed by atoms with Crippen molar-refractivity contribution in [3.05, 3.63) is 29.8 Å². The fourth-order valence-corrected chi connectivity index (χ4v) is 3.42. The first kappa shape index (κ1) is 15.9. The predicted molar refractivity (Wildman–Crippen MR) is 89.3 cm³/mol. The normalized spacial score (nSPS) is 25.1. The summed E-state index contributed by atoms with van der Waals surface area (Å²) in [7, 11) is 0. The van der Waals surface area contributed by atoms with E-state index in [0.29, 0.717) is 17.4 Å². The summed E-state index contributed by atoms with van der Waals surface area (Å²) < 4.78 is 0. The van der Waals surface area contributed by atoms with E-state index in [4.69, 9.17) is 0 Å². The van der Waals surface area contributed by atoms with Crippen LogP contribution in [0.25, 0.3) is 0 Å². The summed E-state index contributed by atoms with van der Waals surface area (Å²) in [5.41, 5.74) is 2.32. The Hall–Kier alpha value is -1.49. The molecule has 21 heavy (non-hydrogen) atoms. The van der Waals surface area contributed by atoms with Crippen molar-refractivity contribution in [2.45, 2.75) is 65.3 Å². The molecule has 2 rings (SSSR count). The van der Waals surface area contributed by atoms with Crippen LogP contribution in [0.2, 0.25) is 0 Å². The van der Waals surface area contributed by atoms with Crippen molar-refractivity contribution in [1.82, 2.24) is 0 Å². The monoisotopic (exact) mass is 284 g/mol. The maximum atomic E-state index is 9.20. The highest BCUT2D eigenvalue weighted by molar-refractivity contribution is 5.47. The van der Waals surface area contributed by atoms with Crippen LogP contribution in [0, 0.1) is 22.7 Å². The van der Waals surface area contributed by atoms with Crippen molar-refractivity contribution in [2.75, 3.05) is 5.32 Å². The molecule has 0 aliphatic heterocycles. The van der Waals surface area contributed by atoms with Crippen LogP contribution in [0.3, 0.4) is 0 Å². The van der Waals surface area contributed by atoms with Crippen molar-refractivity contribution < 1.29 is 0 Å². The van der Waals surface area contributed by atoms with Crippen molar-refractivity contribution in [3.8, 4) is 6.07 Å². The Balaban J connectivity index is 2.03. The van der Waals surface area contributed by atoms with Crippen LogP contribution in [0.4, 0.5) is 5.69 Å². The number of hydrogen-bond acceptors (Lipinski definition) is 2. The van der Waals surface area contributed by atoms with Gasteiger partial charge in [-0.25, -0.2) is 0 Å². The average molecular weight is 284 g/mol. The molecule has 0 saturated heterocycles. The van der Waals surface area contributed by atoms with Crippen LogP contribution in [-0.4, -0.2) is 6.04 Å². The molecule has 0 amide bonds. The SMILES string of the molecule is CC1CC(C)(C)CCC1Nc1ccc(C(C)(C)C#N)cc1. The van der Waals surface area contributed by atoms with Gasteiger partial charge in [0.15, 0.2) is 0 Å². The van der Waals surface area contributed by atoms with Crippen molar-refractivity contribution in [2.24, 2.45) is 11.3 Å². The highest BCUT2D eigenvalue weighted by Crippen LogP contribution is 2.39. The molecule has 2 atom stereocenters. The van der Waals surface area contributed by atoms with Gasteiger partial charge in [-0.05, 0) is 62.1 Å². The molecule has 1 saturated carbocycles. The number of benzene rings is 1. The highest BCUT2D eigenvalue weighted by atomic mass is 14.9. The van der Waals surface area contributed by atoms with Gasteiger partial charge in [0.2, 0.25) is 0 Å². The molecular weight excluding hydrogens is 256 g/mol. The van der Waals surface area contributed by atoms with Gasteiger partial charge < -0.3 is 5.32 Å². The molecule has 2 nitrogen and oxygen atoms in total.